The predicted molar refractivity (Wildman–Crippen MR) is 73.8 cm³/mol. The van der Waals surface area contributed by atoms with E-state index in [4.69, 9.17) is 0 Å². The van der Waals surface area contributed by atoms with Gasteiger partial charge in [-0.15, -0.1) is 0 Å². The molecule has 1 aromatic carbocycles. The van der Waals surface area contributed by atoms with Crippen LogP contribution >= 0.6 is 0 Å². The minimum absolute atomic E-state index is 0.122. The monoisotopic (exact) mass is 292 g/mol. The van der Waals surface area contributed by atoms with E-state index in [2.05, 4.69) is 0 Å². The average Bonchev–Trinajstić information content (AvgIpc) is 2.72. The smallest absolute Gasteiger partial charge is 0.326 e. The molecule has 1 unspecified atom stereocenters. The largest absolute Gasteiger partial charge is 0.480 e. The third-order valence-corrected chi connectivity index (χ3v) is 3.49. The van der Waals surface area contributed by atoms with Crippen molar-refractivity contribution in [3.63, 3.8) is 0 Å². The molecule has 0 radical (unpaired) electrons. The zero-order valence-corrected chi connectivity index (χ0v) is 11.8. The second-order valence-electron chi connectivity index (χ2n) is 5.52. The number of hydrogen-bond donors (Lipinski definition) is 1. The van der Waals surface area contributed by atoms with Gasteiger partial charge in [0, 0.05) is 18.7 Å². The van der Waals surface area contributed by atoms with Crippen LogP contribution in [0.2, 0.25) is 0 Å². The van der Waals surface area contributed by atoms with Crippen LogP contribution in [0.1, 0.15) is 36.2 Å². The van der Waals surface area contributed by atoms with E-state index in [9.17, 15) is 24.8 Å². The summed E-state index contributed by atoms with van der Waals surface area (Å²) in [5.41, 5.74) is 0.680. The van der Waals surface area contributed by atoms with E-state index in [-0.39, 0.29) is 23.7 Å². The number of rotatable bonds is 5. The van der Waals surface area contributed by atoms with Crippen LogP contribution < -0.4 is 0 Å². The standard InChI is InChI=1S/C14H16N2O5/c1-8(2)5-12(14(18)19)15-7-9-3-4-10(16(20)21)6-11(9)13(15)17/h3-4,6,8,12H,5,7H2,1-2H3,(H,18,19). The highest BCUT2D eigenvalue weighted by Gasteiger charge is 2.37. The van der Waals surface area contributed by atoms with Crippen molar-refractivity contribution in [1.82, 2.24) is 4.90 Å². The predicted octanol–water partition coefficient (Wildman–Crippen LogP) is 2.05. The minimum atomic E-state index is -1.06. The normalized spacial score (nSPS) is 15.2. The van der Waals surface area contributed by atoms with Crippen LogP contribution in [0, 0.1) is 16.0 Å². The summed E-state index contributed by atoms with van der Waals surface area (Å²) in [6.45, 7) is 3.94. The Labute approximate surface area is 121 Å². The zero-order chi connectivity index (χ0) is 15.7. The molecule has 0 saturated carbocycles. The van der Waals surface area contributed by atoms with Crippen LogP contribution in [-0.4, -0.2) is 32.8 Å². The lowest BCUT2D eigenvalue weighted by atomic mass is 10.0. The van der Waals surface area contributed by atoms with E-state index < -0.39 is 22.8 Å². The summed E-state index contributed by atoms with van der Waals surface area (Å²) in [7, 11) is 0. The van der Waals surface area contributed by atoms with E-state index >= 15 is 0 Å². The maximum absolute atomic E-state index is 12.3. The van der Waals surface area contributed by atoms with Gasteiger partial charge in [-0.2, -0.15) is 0 Å². The molecule has 112 valence electrons. The molecule has 0 fully saturated rings. The Kier molecular flexibility index (Phi) is 3.93. The first-order valence-corrected chi connectivity index (χ1v) is 6.62. The molecule has 1 amide bonds. The Hall–Kier alpha value is -2.44. The molecule has 0 aliphatic carbocycles. The fourth-order valence-corrected chi connectivity index (χ4v) is 2.48. The van der Waals surface area contributed by atoms with Crippen LogP contribution in [0.5, 0.6) is 0 Å². The van der Waals surface area contributed by atoms with Gasteiger partial charge in [0.1, 0.15) is 6.04 Å². The molecule has 1 atom stereocenters. The first kappa shape index (κ1) is 15.0. The van der Waals surface area contributed by atoms with E-state index in [1.165, 1.54) is 23.1 Å². The van der Waals surface area contributed by atoms with E-state index in [1.54, 1.807) is 0 Å². The number of fused-ring (bicyclic) bond motifs is 1. The highest BCUT2D eigenvalue weighted by molar-refractivity contribution is 6.01. The molecule has 1 aliphatic heterocycles. The Morgan fingerprint density at radius 1 is 1.48 bits per heavy atom. The molecule has 1 aliphatic rings. The molecule has 21 heavy (non-hydrogen) atoms. The number of nitrogens with zero attached hydrogens (tertiary/aromatic N) is 2. The van der Waals surface area contributed by atoms with Crippen molar-refractivity contribution in [2.75, 3.05) is 0 Å². The molecule has 2 rings (SSSR count). The molecule has 1 aromatic rings. The van der Waals surface area contributed by atoms with Crippen molar-refractivity contribution in [3.8, 4) is 0 Å². The highest BCUT2D eigenvalue weighted by atomic mass is 16.6. The number of non-ortho nitro benzene ring substituents is 1. The van der Waals surface area contributed by atoms with Crippen molar-refractivity contribution in [2.24, 2.45) is 5.92 Å². The van der Waals surface area contributed by atoms with Gasteiger partial charge >= 0.3 is 5.97 Å². The van der Waals surface area contributed by atoms with Gasteiger partial charge in [0.05, 0.1) is 10.5 Å². The van der Waals surface area contributed by atoms with E-state index in [0.29, 0.717) is 12.0 Å². The number of carboxylic acids is 1. The van der Waals surface area contributed by atoms with Gasteiger partial charge in [-0.1, -0.05) is 13.8 Å². The maximum atomic E-state index is 12.3. The summed E-state index contributed by atoms with van der Waals surface area (Å²) >= 11 is 0. The molecule has 1 heterocycles. The summed E-state index contributed by atoms with van der Waals surface area (Å²) in [6, 6.07) is 3.14. The van der Waals surface area contributed by atoms with Gasteiger partial charge in [0.25, 0.3) is 11.6 Å². The van der Waals surface area contributed by atoms with Crippen molar-refractivity contribution in [1.29, 1.82) is 0 Å². The first-order valence-electron chi connectivity index (χ1n) is 6.62. The number of aliphatic carboxylic acids is 1. The van der Waals surface area contributed by atoms with Crippen LogP contribution in [0.4, 0.5) is 5.69 Å². The fourth-order valence-electron chi connectivity index (χ4n) is 2.48. The number of benzene rings is 1. The molecular weight excluding hydrogens is 276 g/mol. The third kappa shape index (κ3) is 2.86. The Balaban J connectivity index is 2.32. The number of amides is 1. The summed E-state index contributed by atoms with van der Waals surface area (Å²) in [5.74, 6) is -1.39. The first-order chi connectivity index (χ1) is 9.81. The molecule has 0 saturated heterocycles. The summed E-state index contributed by atoms with van der Waals surface area (Å²) in [6.07, 6.45) is 0.344. The van der Waals surface area contributed by atoms with Gasteiger partial charge in [0.15, 0.2) is 0 Å². The molecule has 0 aromatic heterocycles. The number of carboxylic acid groups (broad SMARTS) is 1. The van der Waals surface area contributed by atoms with Crippen molar-refractivity contribution in [2.45, 2.75) is 32.9 Å². The molecular formula is C14H16N2O5. The Bertz CT molecular complexity index is 611. The maximum Gasteiger partial charge on any atom is 0.326 e. The molecule has 0 spiro atoms. The Morgan fingerprint density at radius 2 is 2.14 bits per heavy atom. The Morgan fingerprint density at radius 3 is 2.67 bits per heavy atom. The fraction of sp³-hybridized carbons (Fsp3) is 0.429. The molecule has 1 N–H and O–H groups in total. The third-order valence-electron chi connectivity index (χ3n) is 3.49. The lowest BCUT2D eigenvalue weighted by molar-refractivity contribution is -0.384. The van der Waals surface area contributed by atoms with E-state index in [0.717, 1.165) is 0 Å². The van der Waals surface area contributed by atoms with Crippen LogP contribution in [0.15, 0.2) is 18.2 Å². The van der Waals surface area contributed by atoms with Gasteiger partial charge in [-0.05, 0) is 24.0 Å². The lowest BCUT2D eigenvalue weighted by Gasteiger charge is -2.25. The molecule has 0 bridgehead atoms. The summed E-state index contributed by atoms with van der Waals surface area (Å²) < 4.78 is 0. The second kappa shape index (κ2) is 5.51. The quantitative estimate of drug-likeness (QED) is 0.661. The van der Waals surface area contributed by atoms with Crippen LogP contribution in [-0.2, 0) is 11.3 Å². The number of nitro groups is 1. The second-order valence-corrected chi connectivity index (χ2v) is 5.52. The molecule has 7 nitrogen and oxygen atoms in total. The number of nitro benzene ring substituents is 1. The van der Waals surface area contributed by atoms with Crippen molar-refractivity contribution in [3.05, 3.63) is 39.4 Å². The SMILES string of the molecule is CC(C)CC(C(=O)O)N1Cc2ccc([N+](=O)[O-])cc2C1=O. The zero-order valence-electron chi connectivity index (χ0n) is 11.8. The molecule has 7 heteroatoms. The summed E-state index contributed by atoms with van der Waals surface area (Å²) in [5, 5.41) is 20.1. The van der Waals surface area contributed by atoms with Gasteiger partial charge in [-0.25, -0.2) is 4.79 Å². The van der Waals surface area contributed by atoms with E-state index in [1.807, 2.05) is 13.8 Å². The van der Waals surface area contributed by atoms with Gasteiger partial charge in [0.2, 0.25) is 0 Å². The topological polar surface area (TPSA) is 101 Å². The average molecular weight is 292 g/mol. The highest BCUT2D eigenvalue weighted by Crippen LogP contribution is 2.29. The summed E-state index contributed by atoms with van der Waals surface area (Å²) in [4.78, 5) is 35.2. The number of carbonyl (C=O) groups is 2. The van der Waals surface area contributed by atoms with Gasteiger partial charge < -0.3 is 10.0 Å². The van der Waals surface area contributed by atoms with Gasteiger partial charge in [-0.3, -0.25) is 14.9 Å². The van der Waals surface area contributed by atoms with Crippen LogP contribution in [0.25, 0.3) is 0 Å². The van der Waals surface area contributed by atoms with Crippen LogP contribution in [0.3, 0.4) is 0 Å². The minimum Gasteiger partial charge on any atom is -0.480 e. The number of hydrogen-bond acceptors (Lipinski definition) is 4. The lowest BCUT2D eigenvalue weighted by Crippen LogP contribution is -2.42. The van der Waals surface area contributed by atoms with Crippen molar-refractivity contribution < 1.29 is 19.6 Å². The number of carbonyl (C=O) groups excluding carboxylic acids is 1. The van der Waals surface area contributed by atoms with Crippen molar-refractivity contribution >= 4 is 17.6 Å².